The summed E-state index contributed by atoms with van der Waals surface area (Å²) in [6.07, 6.45) is 2.30. The summed E-state index contributed by atoms with van der Waals surface area (Å²) < 4.78 is 0.143. The van der Waals surface area contributed by atoms with E-state index in [1.165, 1.54) is 6.08 Å². The number of hydrogen-bond donors (Lipinski definition) is 0. The molecule has 0 aliphatic rings. The Balaban J connectivity index is 3.14. The zero-order valence-electron chi connectivity index (χ0n) is 6.13. The van der Waals surface area contributed by atoms with Crippen LogP contribution in [-0.2, 0) is 0 Å². The van der Waals surface area contributed by atoms with Crippen LogP contribution in [0.15, 0.2) is 28.8 Å². The Hall–Kier alpha value is -0.790. The van der Waals surface area contributed by atoms with Crippen LogP contribution in [0.25, 0.3) is 6.08 Å². The molecule has 0 unspecified atom stereocenters. The molecule has 0 spiro atoms. The summed E-state index contributed by atoms with van der Waals surface area (Å²) in [5.41, 5.74) is 1.31. The van der Waals surface area contributed by atoms with Gasteiger partial charge in [-0.3, -0.25) is 4.79 Å². The predicted octanol–water partition coefficient (Wildman–Crippen LogP) is 3.28. The minimum atomic E-state index is 0.143. The molecular formula is C9H6Cl2O. The molecule has 0 fully saturated rings. The van der Waals surface area contributed by atoms with Gasteiger partial charge in [-0.05, 0) is 11.6 Å². The molecule has 0 aliphatic carbocycles. The van der Waals surface area contributed by atoms with E-state index in [4.69, 9.17) is 23.2 Å². The quantitative estimate of drug-likeness (QED) is 0.671. The second kappa shape index (κ2) is 4.29. The van der Waals surface area contributed by atoms with Crippen LogP contribution in [0.1, 0.15) is 15.9 Å². The van der Waals surface area contributed by atoms with Crippen molar-refractivity contribution in [1.29, 1.82) is 0 Å². The minimum Gasteiger partial charge on any atom is -0.298 e. The Morgan fingerprint density at radius 1 is 1.17 bits per heavy atom. The van der Waals surface area contributed by atoms with Gasteiger partial charge in [-0.25, -0.2) is 0 Å². The summed E-state index contributed by atoms with van der Waals surface area (Å²) in [4.78, 5) is 10.5. The van der Waals surface area contributed by atoms with Crippen molar-refractivity contribution in [3.8, 4) is 0 Å². The zero-order chi connectivity index (χ0) is 8.97. The lowest BCUT2D eigenvalue weighted by Crippen LogP contribution is -1.83. The molecule has 0 saturated carbocycles. The van der Waals surface area contributed by atoms with Crippen LogP contribution in [0.5, 0.6) is 0 Å². The number of benzene rings is 1. The summed E-state index contributed by atoms with van der Waals surface area (Å²) in [5.74, 6) is 0. The molecule has 0 aliphatic heterocycles. The molecule has 0 atom stereocenters. The Bertz CT molecular complexity index is 314. The SMILES string of the molecule is O=Cc1ccccc1C=C(Cl)Cl. The van der Waals surface area contributed by atoms with Gasteiger partial charge in [0.1, 0.15) is 4.49 Å². The van der Waals surface area contributed by atoms with Crippen molar-refractivity contribution in [3.63, 3.8) is 0 Å². The topological polar surface area (TPSA) is 17.1 Å². The number of aldehydes is 1. The summed E-state index contributed by atoms with van der Waals surface area (Å²) in [6.45, 7) is 0. The lowest BCUT2D eigenvalue weighted by atomic mass is 10.1. The van der Waals surface area contributed by atoms with Crippen LogP contribution in [0, 0.1) is 0 Å². The molecule has 0 amide bonds. The molecule has 0 N–H and O–H groups in total. The average molecular weight is 201 g/mol. The van der Waals surface area contributed by atoms with Crippen molar-refractivity contribution in [2.45, 2.75) is 0 Å². The van der Waals surface area contributed by atoms with E-state index in [1.807, 2.05) is 6.07 Å². The second-order valence-corrected chi connectivity index (χ2v) is 3.19. The number of carbonyl (C=O) groups excluding carboxylic acids is 1. The van der Waals surface area contributed by atoms with E-state index in [1.54, 1.807) is 18.2 Å². The van der Waals surface area contributed by atoms with Crippen molar-refractivity contribution in [2.24, 2.45) is 0 Å². The Labute approximate surface area is 80.6 Å². The molecule has 0 saturated heterocycles. The normalized spacial score (nSPS) is 9.17. The highest BCUT2D eigenvalue weighted by molar-refractivity contribution is 6.57. The number of rotatable bonds is 2. The zero-order valence-corrected chi connectivity index (χ0v) is 7.64. The summed E-state index contributed by atoms with van der Waals surface area (Å²) in [6, 6.07) is 7.07. The van der Waals surface area contributed by atoms with Crippen molar-refractivity contribution in [1.82, 2.24) is 0 Å². The molecule has 12 heavy (non-hydrogen) atoms. The lowest BCUT2D eigenvalue weighted by molar-refractivity contribution is 0.112. The monoisotopic (exact) mass is 200 g/mol. The van der Waals surface area contributed by atoms with Gasteiger partial charge in [-0.2, -0.15) is 0 Å². The summed E-state index contributed by atoms with van der Waals surface area (Å²) in [7, 11) is 0. The molecule has 1 rings (SSSR count). The van der Waals surface area contributed by atoms with Crippen LogP contribution >= 0.6 is 23.2 Å². The largest absolute Gasteiger partial charge is 0.298 e. The van der Waals surface area contributed by atoms with E-state index in [-0.39, 0.29) is 4.49 Å². The van der Waals surface area contributed by atoms with Gasteiger partial charge in [-0.15, -0.1) is 0 Å². The summed E-state index contributed by atoms with van der Waals surface area (Å²) in [5, 5.41) is 0. The summed E-state index contributed by atoms with van der Waals surface area (Å²) >= 11 is 10.9. The van der Waals surface area contributed by atoms with Gasteiger partial charge in [0.2, 0.25) is 0 Å². The second-order valence-electron chi connectivity index (χ2n) is 2.18. The molecular weight excluding hydrogens is 195 g/mol. The highest BCUT2D eigenvalue weighted by atomic mass is 35.5. The molecule has 0 radical (unpaired) electrons. The highest BCUT2D eigenvalue weighted by Crippen LogP contribution is 2.15. The number of hydrogen-bond acceptors (Lipinski definition) is 1. The predicted molar refractivity (Wildman–Crippen MR) is 51.5 cm³/mol. The molecule has 1 aromatic carbocycles. The average Bonchev–Trinajstić information content (AvgIpc) is 2.04. The first-order valence-electron chi connectivity index (χ1n) is 3.31. The maximum absolute atomic E-state index is 10.5. The molecule has 0 bridgehead atoms. The van der Waals surface area contributed by atoms with Crippen molar-refractivity contribution in [2.75, 3.05) is 0 Å². The van der Waals surface area contributed by atoms with Gasteiger partial charge >= 0.3 is 0 Å². The molecule has 3 heteroatoms. The van der Waals surface area contributed by atoms with Gasteiger partial charge in [-0.1, -0.05) is 47.5 Å². The van der Waals surface area contributed by atoms with E-state index in [0.29, 0.717) is 5.56 Å². The lowest BCUT2D eigenvalue weighted by Gasteiger charge is -1.96. The standard InChI is InChI=1S/C9H6Cl2O/c10-9(11)5-7-3-1-2-4-8(7)6-12/h1-6H. The third kappa shape index (κ3) is 2.36. The van der Waals surface area contributed by atoms with Crippen LogP contribution in [0.4, 0.5) is 0 Å². The van der Waals surface area contributed by atoms with E-state index in [9.17, 15) is 4.79 Å². The maximum Gasteiger partial charge on any atom is 0.150 e. The van der Waals surface area contributed by atoms with Gasteiger partial charge in [0.25, 0.3) is 0 Å². The molecule has 62 valence electrons. The first-order chi connectivity index (χ1) is 5.74. The van der Waals surface area contributed by atoms with E-state index >= 15 is 0 Å². The smallest absolute Gasteiger partial charge is 0.150 e. The number of carbonyl (C=O) groups is 1. The van der Waals surface area contributed by atoms with Crippen LogP contribution in [-0.4, -0.2) is 6.29 Å². The maximum atomic E-state index is 10.5. The third-order valence-corrected chi connectivity index (χ3v) is 1.61. The van der Waals surface area contributed by atoms with Gasteiger partial charge in [0.15, 0.2) is 6.29 Å². The molecule has 0 heterocycles. The van der Waals surface area contributed by atoms with Gasteiger partial charge in [0.05, 0.1) is 0 Å². The molecule has 1 aromatic rings. The van der Waals surface area contributed by atoms with E-state index in [2.05, 4.69) is 0 Å². The van der Waals surface area contributed by atoms with E-state index in [0.717, 1.165) is 11.8 Å². The Morgan fingerprint density at radius 3 is 2.25 bits per heavy atom. The fraction of sp³-hybridized carbons (Fsp3) is 0. The fourth-order valence-electron chi connectivity index (χ4n) is 0.867. The Kier molecular flexibility index (Phi) is 3.32. The Morgan fingerprint density at radius 2 is 1.75 bits per heavy atom. The van der Waals surface area contributed by atoms with Crippen LogP contribution < -0.4 is 0 Å². The first kappa shape index (κ1) is 9.30. The fourth-order valence-corrected chi connectivity index (χ4v) is 1.10. The van der Waals surface area contributed by atoms with Gasteiger partial charge < -0.3 is 0 Å². The third-order valence-electron chi connectivity index (χ3n) is 1.39. The molecule has 1 nitrogen and oxygen atoms in total. The van der Waals surface area contributed by atoms with Crippen molar-refractivity contribution < 1.29 is 4.79 Å². The van der Waals surface area contributed by atoms with E-state index < -0.39 is 0 Å². The molecule has 0 aromatic heterocycles. The van der Waals surface area contributed by atoms with Crippen molar-refractivity contribution in [3.05, 3.63) is 39.9 Å². The van der Waals surface area contributed by atoms with Gasteiger partial charge in [0, 0.05) is 5.56 Å². The highest BCUT2D eigenvalue weighted by Gasteiger charge is 1.96. The number of halogens is 2. The van der Waals surface area contributed by atoms with Crippen LogP contribution in [0.2, 0.25) is 0 Å². The first-order valence-corrected chi connectivity index (χ1v) is 4.06. The van der Waals surface area contributed by atoms with Crippen molar-refractivity contribution >= 4 is 35.6 Å². The van der Waals surface area contributed by atoms with Crippen LogP contribution in [0.3, 0.4) is 0 Å². The minimum absolute atomic E-state index is 0.143.